The molecule has 0 spiro atoms. The minimum atomic E-state index is 0.555. The van der Waals surface area contributed by atoms with Crippen molar-refractivity contribution in [3.63, 3.8) is 0 Å². The van der Waals surface area contributed by atoms with Gasteiger partial charge in [-0.1, -0.05) is 29.8 Å². The lowest BCUT2D eigenvalue weighted by atomic mass is 9.85. The van der Waals surface area contributed by atoms with Crippen molar-refractivity contribution < 1.29 is 0 Å². The highest BCUT2D eigenvalue weighted by atomic mass is 79.9. The predicted octanol–water partition coefficient (Wildman–Crippen LogP) is 3.85. The van der Waals surface area contributed by atoms with Gasteiger partial charge in [-0.3, -0.25) is 4.68 Å². The zero-order chi connectivity index (χ0) is 13.8. The van der Waals surface area contributed by atoms with Crippen LogP contribution in [0.4, 0.5) is 0 Å². The standard InChI is InChI=1S/C15H26BrN3/c1-4-15(5-2)19-7-6-14(17-19)11-18(3)10-12-8-13(16)9-12/h6-7,12-13,15H,4-5,8-11H2,1-3H3. The van der Waals surface area contributed by atoms with Crippen LogP contribution in [0, 0.1) is 5.92 Å². The maximum absolute atomic E-state index is 4.72. The van der Waals surface area contributed by atoms with Gasteiger partial charge < -0.3 is 4.90 Å². The molecule has 1 aromatic rings. The number of halogens is 1. The highest BCUT2D eigenvalue weighted by Crippen LogP contribution is 2.33. The normalized spacial score (nSPS) is 23.1. The maximum Gasteiger partial charge on any atom is 0.0764 e. The third kappa shape index (κ3) is 4.06. The maximum atomic E-state index is 4.72. The van der Waals surface area contributed by atoms with Crippen LogP contribution in [0.25, 0.3) is 0 Å². The van der Waals surface area contributed by atoms with E-state index in [1.165, 1.54) is 25.1 Å². The van der Waals surface area contributed by atoms with Crippen LogP contribution < -0.4 is 0 Å². The lowest BCUT2D eigenvalue weighted by molar-refractivity contribution is 0.206. The number of nitrogens with zero attached hydrogens (tertiary/aromatic N) is 3. The van der Waals surface area contributed by atoms with Gasteiger partial charge >= 0.3 is 0 Å². The fourth-order valence-corrected chi connectivity index (χ4v) is 3.97. The quantitative estimate of drug-likeness (QED) is 0.709. The van der Waals surface area contributed by atoms with Gasteiger partial charge in [-0.15, -0.1) is 0 Å². The Balaban J connectivity index is 1.82. The molecule has 108 valence electrons. The summed E-state index contributed by atoms with van der Waals surface area (Å²) in [5, 5.41) is 4.72. The molecule has 1 fully saturated rings. The number of aromatic nitrogens is 2. The third-order valence-electron chi connectivity index (χ3n) is 4.16. The second kappa shape index (κ2) is 6.89. The first-order valence-electron chi connectivity index (χ1n) is 7.49. The van der Waals surface area contributed by atoms with Crippen molar-refractivity contribution in [2.24, 2.45) is 5.92 Å². The Bertz CT molecular complexity index is 380. The van der Waals surface area contributed by atoms with Crippen molar-refractivity contribution in [1.29, 1.82) is 0 Å². The van der Waals surface area contributed by atoms with Gasteiger partial charge in [-0.05, 0) is 44.7 Å². The Labute approximate surface area is 125 Å². The summed E-state index contributed by atoms with van der Waals surface area (Å²) >= 11 is 3.66. The summed E-state index contributed by atoms with van der Waals surface area (Å²) in [6.45, 7) is 6.63. The summed E-state index contributed by atoms with van der Waals surface area (Å²) in [6.07, 6.45) is 7.10. The van der Waals surface area contributed by atoms with Gasteiger partial charge in [0.25, 0.3) is 0 Å². The molecular formula is C15H26BrN3. The van der Waals surface area contributed by atoms with Gasteiger partial charge in [-0.2, -0.15) is 5.10 Å². The van der Waals surface area contributed by atoms with Gasteiger partial charge in [0.1, 0.15) is 0 Å². The van der Waals surface area contributed by atoms with Crippen LogP contribution in [0.2, 0.25) is 0 Å². The van der Waals surface area contributed by atoms with Crippen LogP contribution in [0.5, 0.6) is 0 Å². The van der Waals surface area contributed by atoms with E-state index in [0.717, 1.165) is 30.1 Å². The third-order valence-corrected chi connectivity index (χ3v) is 4.91. The summed E-state index contributed by atoms with van der Waals surface area (Å²) in [6, 6.07) is 2.72. The summed E-state index contributed by atoms with van der Waals surface area (Å²) in [7, 11) is 2.21. The molecule has 0 saturated heterocycles. The molecule has 0 N–H and O–H groups in total. The Kier molecular flexibility index (Phi) is 5.46. The van der Waals surface area contributed by atoms with E-state index in [4.69, 9.17) is 5.10 Å². The number of hydrogen-bond acceptors (Lipinski definition) is 2. The molecule has 1 heterocycles. The number of rotatable bonds is 7. The molecule has 1 aromatic heterocycles. The van der Waals surface area contributed by atoms with Crippen LogP contribution in [-0.2, 0) is 6.54 Å². The first-order valence-corrected chi connectivity index (χ1v) is 8.40. The van der Waals surface area contributed by atoms with E-state index >= 15 is 0 Å². The molecule has 1 aliphatic carbocycles. The predicted molar refractivity (Wildman–Crippen MR) is 83.6 cm³/mol. The van der Waals surface area contributed by atoms with E-state index in [9.17, 15) is 0 Å². The lowest BCUT2D eigenvalue weighted by Crippen LogP contribution is -2.34. The van der Waals surface area contributed by atoms with Gasteiger partial charge in [0.15, 0.2) is 0 Å². The van der Waals surface area contributed by atoms with Crippen molar-refractivity contribution in [1.82, 2.24) is 14.7 Å². The molecule has 0 amide bonds. The largest absolute Gasteiger partial charge is 0.300 e. The van der Waals surface area contributed by atoms with Crippen LogP contribution in [-0.4, -0.2) is 33.1 Å². The minimum absolute atomic E-state index is 0.555. The number of hydrogen-bond donors (Lipinski definition) is 0. The SMILES string of the molecule is CCC(CC)n1ccc(CN(C)CC2CC(Br)C2)n1. The number of alkyl halides is 1. The zero-order valence-electron chi connectivity index (χ0n) is 12.3. The highest BCUT2D eigenvalue weighted by molar-refractivity contribution is 9.09. The van der Waals surface area contributed by atoms with Crippen molar-refractivity contribution in [3.8, 4) is 0 Å². The summed E-state index contributed by atoms with van der Waals surface area (Å²) in [4.78, 5) is 3.17. The summed E-state index contributed by atoms with van der Waals surface area (Å²) < 4.78 is 2.14. The van der Waals surface area contributed by atoms with Crippen LogP contribution in [0.15, 0.2) is 12.3 Å². The topological polar surface area (TPSA) is 21.1 Å². The summed E-state index contributed by atoms with van der Waals surface area (Å²) in [5.41, 5.74) is 1.20. The van der Waals surface area contributed by atoms with Gasteiger partial charge in [-0.25, -0.2) is 0 Å². The molecule has 0 aliphatic heterocycles. The fraction of sp³-hybridized carbons (Fsp3) is 0.800. The molecule has 1 aliphatic rings. The molecule has 0 atom stereocenters. The first kappa shape index (κ1) is 15.0. The van der Waals surface area contributed by atoms with E-state index in [1.807, 2.05) is 0 Å². The molecule has 4 heteroatoms. The van der Waals surface area contributed by atoms with Crippen molar-refractivity contribution >= 4 is 15.9 Å². The van der Waals surface area contributed by atoms with E-state index in [0.29, 0.717) is 6.04 Å². The molecular weight excluding hydrogens is 302 g/mol. The second-order valence-electron chi connectivity index (χ2n) is 5.89. The molecule has 0 radical (unpaired) electrons. The fourth-order valence-electron chi connectivity index (χ4n) is 2.91. The van der Waals surface area contributed by atoms with Gasteiger partial charge in [0.2, 0.25) is 0 Å². The molecule has 0 unspecified atom stereocenters. The van der Waals surface area contributed by atoms with Crippen LogP contribution in [0.1, 0.15) is 51.3 Å². The minimum Gasteiger partial charge on any atom is -0.300 e. The monoisotopic (exact) mass is 327 g/mol. The van der Waals surface area contributed by atoms with E-state index in [1.54, 1.807) is 0 Å². The Morgan fingerprint density at radius 1 is 1.42 bits per heavy atom. The van der Waals surface area contributed by atoms with Crippen LogP contribution in [0.3, 0.4) is 0 Å². The Hall–Kier alpha value is -0.350. The Morgan fingerprint density at radius 3 is 2.68 bits per heavy atom. The van der Waals surface area contributed by atoms with E-state index in [2.05, 4.69) is 58.7 Å². The smallest absolute Gasteiger partial charge is 0.0764 e. The second-order valence-corrected chi connectivity index (χ2v) is 7.18. The van der Waals surface area contributed by atoms with Gasteiger partial charge in [0.05, 0.1) is 11.7 Å². The summed E-state index contributed by atoms with van der Waals surface area (Å²) in [5.74, 6) is 0.871. The van der Waals surface area contributed by atoms with Crippen LogP contribution >= 0.6 is 15.9 Å². The molecule has 3 nitrogen and oxygen atoms in total. The van der Waals surface area contributed by atoms with Crippen molar-refractivity contribution in [2.45, 2.75) is 56.9 Å². The van der Waals surface area contributed by atoms with E-state index < -0.39 is 0 Å². The van der Waals surface area contributed by atoms with Crippen molar-refractivity contribution in [3.05, 3.63) is 18.0 Å². The zero-order valence-corrected chi connectivity index (χ0v) is 13.9. The van der Waals surface area contributed by atoms with Gasteiger partial charge in [0, 0.05) is 24.1 Å². The first-order chi connectivity index (χ1) is 9.12. The van der Waals surface area contributed by atoms with E-state index in [-0.39, 0.29) is 0 Å². The molecule has 0 bridgehead atoms. The molecule has 1 saturated carbocycles. The molecule has 0 aromatic carbocycles. The average molecular weight is 328 g/mol. The average Bonchev–Trinajstić information content (AvgIpc) is 2.77. The Morgan fingerprint density at radius 2 is 2.11 bits per heavy atom. The van der Waals surface area contributed by atoms with Crippen molar-refractivity contribution in [2.75, 3.05) is 13.6 Å². The molecule has 2 rings (SSSR count). The highest BCUT2D eigenvalue weighted by Gasteiger charge is 2.27. The lowest BCUT2D eigenvalue weighted by Gasteiger charge is -2.34. The molecule has 19 heavy (non-hydrogen) atoms.